The average molecular weight is 241 g/mol. The highest BCUT2D eigenvalue weighted by atomic mass is 35.5. The van der Waals surface area contributed by atoms with Crippen LogP contribution in [0.15, 0.2) is 6.20 Å². The summed E-state index contributed by atoms with van der Waals surface area (Å²) in [7, 11) is 1.86. The lowest BCUT2D eigenvalue weighted by atomic mass is 10.2. The molecule has 1 aromatic rings. The summed E-state index contributed by atoms with van der Waals surface area (Å²) >= 11 is 0. The molecule has 0 aliphatic heterocycles. The van der Waals surface area contributed by atoms with Crippen LogP contribution in [-0.4, -0.2) is 15.8 Å². The zero-order chi connectivity index (χ0) is 9.14. The fraction of sp³-hybridized carbons (Fsp3) is 0.625. The fourth-order valence-corrected chi connectivity index (χ4v) is 0.954. The van der Waals surface area contributed by atoms with Crippen molar-refractivity contribution in [2.24, 2.45) is 7.05 Å². The molecule has 1 unspecified atom stereocenters. The lowest BCUT2D eigenvalue weighted by molar-refractivity contribution is 0.734. The van der Waals surface area contributed by atoms with Gasteiger partial charge in [0.25, 0.3) is 0 Å². The van der Waals surface area contributed by atoms with Gasteiger partial charge in [-0.3, -0.25) is 4.68 Å². The van der Waals surface area contributed by atoms with Crippen molar-refractivity contribution in [1.82, 2.24) is 9.78 Å². The van der Waals surface area contributed by atoms with Gasteiger partial charge in [-0.15, -0.1) is 24.8 Å². The molecular weight excluding hydrogens is 223 g/mol. The maximum atomic E-state index is 5.70. The highest BCUT2D eigenvalue weighted by Gasteiger charge is 2.05. The first kappa shape index (κ1) is 15.8. The Morgan fingerprint density at radius 2 is 2.14 bits per heavy atom. The Morgan fingerprint density at radius 3 is 2.50 bits per heavy atom. The van der Waals surface area contributed by atoms with Gasteiger partial charge in [-0.1, -0.05) is 6.92 Å². The first-order valence-corrected chi connectivity index (χ1v) is 4.19. The number of nitrogen functional groups attached to an aromatic ring is 1. The van der Waals surface area contributed by atoms with E-state index in [0.29, 0.717) is 11.7 Å². The Balaban J connectivity index is 0. The Kier molecular flexibility index (Phi) is 7.68. The second-order valence-electron chi connectivity index (χ2n) is 3.06. The van der Waals surface area contributed by atoms with Crippen molar-refractivity contribution in [3.8, 4) is 0 Å². The number of nitrogens with one attached hydrogen (secondary N) is 1. The number of nitrogens with two attached hydrogens (primary N) is 1. The SMILES string of the molecule is CCC(C)Nc1nn(C)cc1N.Cl.Cl. The molecule has 1 atom stereocenters. The number of hydrogen-bond donors (Lipinski definition) is 2. The molecule has 4 nitrogen and oxygen atoms in total. The molecule has 0 saturated carbocycles. The van der Waals surface area contributed by atoms with E-state index < -0.39 is 0 Å². The van der Waals surface area contributed by atoms with E-state index in [1.165, 1.54) is 0 Å². The molecule has 0 amide bonds. The summed E-state index contributed by atoms with van der Waals surface area (Å²) in [5.41, 5.74) is 6.40. The van der Waals surface area contributed by atoms with Gasteiger partial charge in [0.1, 0.15) is 0 Å². The van der Waals surface area contributed by atoms with Crippen molar-refractivity contribution >= 4 is 36.3 Å². The van der Waals surface area contributed by atoms with E-state index in [4.69, 9.17) is 5.73 Å². The highest BCUT2D eigenvalue weighted by molar-refractivity contribution is 5.85. The number of hydrogen-bond acceptors (Lipinski definition) is 3. The minimum absolute atomic E-state index is 0. The lowest BCUT2D eigenvalue weighted by Gasteiger charge is -2.10. The van der Waals surface area contributed by atoms with Crippen LogP contribution >= 0.6 is 24.8 Å². The van der Waals surface area contributed by atoms with Crippen LogP contribution in [-0.2, 0) is 7.05 Å². The monoisotopic (exact) mass is 240 g/mol. The van der Waals surface area contributed by atoms with Crippen LogP contribution in [0.4, 0.5) is 11.5 Å². The van der Waals surface area contributed by atoms with Crippen LogP contribution in [0.5, 0.6) is 0 Å². The third-order valence-corrected chi connectivity index (χ3v) is 1.85. The van der Waals surface area contributed by atoms with Crippen molar-refractivity contribution in [2.45, 2.75) is 26.3 Å². The van der Waals surface area contributed by atoms with Gasteiger partial charge in [-0.2, -0.15) is 5.10 Å². The van der Waals surface area contributed by atoms with Gasteiger partial charge < -0.3 is 11.1 Å². The number of rotatable bonds is 3. The number of aryl methyl sites for hydroxylation is 1. The molecule has 0 radical (unpaired) electrons. The molecule has 3 N–H and O–H groups in total. The third-order valence-electron chi connectivity index (χ3n) is 1.85. The van der Waals surface area contributed by atoms with Crippen molar-refractivity contribution in [3.63, 3.8) is 0 Å². The van der Waals surface area contributed by atoms with Gasteiger partial charge in [-0.25, -0.2) is 0 Å². The molecular formula is C8H18Cl2N4. The van der Waals surface area contributed by atoms with Gasteiger partial charge in [-0.05, 0) is 13.3 Å². The van der Waals surface area contributed by atoms with Gasteiger partial charge in [0.05, 0.1) is 5.69 Å². The Bertz CT molecular complexity index is 262. The van der Waals surface area contributed by atoms with Crippen LogP contribution in [0.25, 0.3) is 0 Å². The van der Waals surface area contributed by atoms with Crippen LogP contribution in [0.2, 0.25) is 0 Å². The fourth-order valence-electron chi connectivity index (χ4n) is 0.954. The van der Waals surface area contributed by atoms with Crippen LogP contribution in [0, 0.1) is 0 Å². The number of aromatic nitrogens is 2. The zero-order valence-corrected chi connectivity index (χ0v) is 10.3. The Hall–Kier alpha value is -0.610. The zero-order valence-electron chi connectivity index (χ0n) is 8.65. The third kappa shape index (κ3) is 4.07. The summed E-state index contributed by atoms with van der Waals surface area (Å²) in [6.45, 7) is 4.23. The predicted octanol–water partition coefficient (Wildman–Crippen LogP) is 2.06. The highest BCUT2D eigenvalue weighted by Crippen LogP contribution is 2.15. The molecule has 0 aliphatic carbocycles. The minimum atomic E-state index is 0. The Morgan fingerprint density at radius 1 is 1.57 bits per heavy atom. The van der Waals surface area contributed by atoms with Crippen molar-refractivity contribution < 1.29 is 0 Å². The molecule has 6 heteroatoms. The smallest absolute Gasteiger partial charge is 0.171 e. The molecule has 0 saturated heterocycles. The van der Waals surface area contributed by atoms with E-state index in [2.05, 4.69) is 24.3 Å². The average Bonchev–Trinajstić information content (AvgIpc) is 2.30. The second-order valence-corrected chi connectivity index (χ2v) is 3.06. The molecule has 0 fully saturated rings. The van der Waals surface area contributed by atoms with E-state index in [1.54, 1.807) is 10.9 Å². The normalized spacial score (nSPS) is 11.1. The summed E-state index contributed by atoms with van der Waals surface area (Å²) < 4.78 is 1.71. The molecule has 1 heterocycles. The van der Waals surface area contributed by atoms with Gasteiger partial charge in [0, 0.05) is 19.3 Å². The Labute approximate surface area is 97.1 Å². The molecule has 0 aliphatic rings. The van der Waals surface area contributed by atoms with E-state index in [1.807, 2.05) is 7.05 Å². The van der Waals surface area contributed by atoms with E-state index in [9.17, 15) is 0 Å². The summed E-state index contributed by atoms with van der Waals surface area (Å²) in [6.07, 6.45) is 2.86. The van der Waals surface area contributed by atoms with Gasteiger partial charge >= 0.3 is 0 Å². The standard InChI is InChI=1S/C8H16N4.2ClH/c1-4-6(2)10-8-7(9)5-12(3)11-8;;/h5-6H,4,9H2,1-3H3,(H,10,11);2*1H. The van der Waals surface area contributed by atoms with Gasteiger partial charge in [0.2, 0.25) is 0 Å². The van der Waals surface area contributed by atoms with Gasteiger partial charge in [0.15, 0.2) is 5.82 Å². The van der Waals surface area contributed by atoms with Crippen molar-refractivity contribution in [2.75, 3.05) is 11.1 Å². The van der Waals surface area contributed by atoms with Crippen LogP contribution < -0.4 is 11.1 Å². The number of anilines is 2. The maximum absolute atomic E-state index is 5.70. The summed E-state index contributed by atoms with van der Waals surface area (Å²) in [5.74, 6) is 0.784. The lowest BCUT2D eigenvalue weighted by Crippen LogP contribution is -2.14. The molecule has 0 spiro atoms. The first-order valence-electron chi connectivity index (χ1n) is 4.19. The molecule has 1 rings (SSSR count). The molecule has 14 heavy (non-hydrogen) atoms. The van der Waals surface area contributed by atoms with E-state index in [-0.39, 0.29) is 24.8 Å². The molecule has 84 valence electrons. The maximum Gasteiger partial charge on any atom is 0.171 e. The van der Waals surface area contributed by atoms with Crippen molar-refractivity contribution in [3.05, 3.63) is 6.20 Å². The van der Waals surface area contributed by atoms with Crippen LogP contribution in [0.1, 0.15) is 20.3 Å². The topological polar surface area (TPSA) is 55.9 Å². The predicted molar refractivity (Wildman–Crippen MR) is 65.5 cm³/mol. The number of halogens is 2. The molecule has 1 aromatic heterocycles. The van der Waals surface area contributed by atoms with E-state index in [0.717, 1.165) is 12.2 Å². The first-order chi connectivity index (χ1) is 5.63. The van der Waals surface area contributed by atoms with Crippen molar-refractivity contribution in [1.29, 1.82) is 0 Å². The largest absolute Gasteiger partial charge is 0.394 e. The van der Waals surface area contributed by atoms with Crippen LogP contribution in [0.3, 0.4) is 0 Å². The molecule has 0 bridgehead atoms. The summed E-state index contributed by atoms with van der Waals surface area (Å²) in [6, 6.07) is 0.419. The second kappa shape index (κ2) is 6.79. The summed E-state index contributed by atoms with van der Waals surface area (Å²) in [4.78, 5) is 0. The quantitative estimate of drug-likeness (QED) is 0.851. The van der Waals surface area contributed by atoms with E-state index >= 15 is 0 Å². The summed E-state index contributed by atoms with van der Waals surface area (Å²) in [5, 5.41) is 7.40. The minimum Gasteiger partial charge on any atom is -0.394 e. The number of nitrogens with zero attached hydrogens (tertiary/aromatic N) is 2. The molecule has 0 aromatic carbocycles.